The Bertz CT molecular complexity index is 459. The lowest BCUT2D eigenvalue weighted by Crippen LogP contribution is -2.33. The van der Waals surface area contributed by atoms with Crippen LogP contribution in [0.15, 0.2) is 18.2 Å². The van der Waals surface area contributed by atoms with Crippen LogP contribution in [0.25, 0.3) is 0 Å². The van der Waals surface area contributed by atoms with Crippen molar-refractivity contribution in [2.24, 2.45) is 0 Å². The van der Waals surface area contributed by atoms with Gasteiger partial charge in [-0.25, -0.2) is 0 Å². The second-order valence-electron chi connectivity index (χ2n) is 5.12. The van der Waals surface area contributed by atoms with Crippen LogP contribution in [-0.2, 0) is 11.4 Å². The van der Waals surface area contributed by atoms with Crippen molar-refractivity contribution in [3.63, 3.8) is 0 Å². The number of rotatable bonds is 2. The van der Waals surface area contributed by atoms with Gasteiger partial charge in [0.2, 0.25) is 5.91 Å². The van der Waals surface area contributed by atoms with E-state index >= 15 is 0 Å². The molecule has 2 rings (SSSR count). The number of hydrogen-bond donors (Lipinski definition) is 1. The number of benzene rings is 1. The summed E-state index contributed by atoms with van der Waals surface area (Å²) in [5, 5.41) is 9.20. The first-order chi connectivity index (χ1) is 9.11. The van der Waals surface area contributed by atoms with Crippen LogP contribution < -0.4 is 4.90 Å². The molecule has 0 spiro atoms. The Hall–Kier alpha value is -1.55. The number of aliphatic hydroxyl groups is 1. The molecule has 1 aliphatic heterocycles. The van der Waals surface area contributed by atoms with Gasteiger partial charge in [-0.3, -0.25) is 4.79 Å². The standard InChI is InChI=1S/C15H22N2O2/c1-12-10-15(5-4-14(12)11-18)17-7-3-6-16(8-9-17)13(2)19/h4-5,10,18H,3,6-9,11H2,1-2H3. The van der Waals surface area contributed by atoms with Crippen molar-refractivity contribution in [1.82, 2.24) is 4.90 Å². The van der Waals surface area contributed by atoms with E-state index in [4.69, 9.17) is 0 Å². The summed E-state index contributed by atoms with van der Waals surface area (Å²) in [6, 6.07) is 6.16. The first-order valence-corrected chi connectivity index (χ1v) is 6.82. The van der Waals surface area contributed by atoms with Crippen molar-refractivity contribution in [1.29, 1.82) is 0 Å². The summed E-state index contributed by atoms with van der Waals surface area (Å²) >= 11 is 0. The predicted molar refractivity (Wildman–Crippen MR) is 76.2 cm³/mol. The largest absolute Gasteiger partial charge is 0.392 e. The summed E-state index contributed by atoms with van der Waals surface area (Å²) in [5.74, 6) is 0.161. The fourth-order valence-corrected chi connectivity index (χ4v) is 2.54. The molecule has 4 heteroatoms. The van der Waals surface area contributed by atoms with Crippen LogP contribution in [0.3, 0.4) is 0 Å². The van der Waals surface area contributed by atoms with Crippen molar-refractivity contribution < 1.29 is 9.90 Å². The number of nitrogens with zero attached hydrogens (tertiary/aromatic N) is 2. The summed E-state index contributed by atoms with van der Waals surface area (Å²) < 4.78 is 0. The molecule has 1 aromatic rings. The van der Waals surface area contributed by atoms with E-state index in [1.165, 1.54) is 5.69 Å². The third-order valence-electron chi connectivity index (χ3n) is 3.80. The van der Waals surface area contributed by atoms with Crippen LogP contribution in [0.2, 0.25) is 0 Å². The maximum atomic E-state index is 11.4. The van der Waals surface area contributed by atoms with E-state index in [0.717, 1.165) is 43.7 Å². The minimum atomic E-state index is 0.0875. The third-order valence-corrected chi connectivity index (χ3v) is 3.80. The minimum Gasteiger partial charge on any atom is -0.392 e. The lowest BCUT2D eigenvalue weighted by Gasteiger charge is -2.24. The Labute approximate surface area is 114 Å². The molecule has 1 aromatic carbocycles. The topological polar surface area (TPSA) is 43.8 Å². The molecule has 0 aliphatic carbocycles. The summed E-state index contributed by atoms with van der Waals surface area (Å²) in [5.41, 5.74) is 3.27. The third kappa shape index (κ3) is 3.26. The van der Waals surface area contributed by atoms with Gasteiger partial charge in [0, 0.05) is 38.8 Å². The first-order valence-electron chi connectivity index (χ1n) is 6.82. The Morgan fingerprint density at radius 3 is 2.68 bits per heavy atom. The van der Waals surface area contributed by atoms with Crippen LogP contribution in [0, 0.1) is 6.92 Å². The van der Waals surface area contributed by atoms with E-state index in [1.807, 2.05) is 17.9 Å². The van der Waals surface area contributed by atoms with Gasteiger partial charge in [0.1, 0.15) is 0 Å². The molecule has 0 unspecified atom stereocenters. The zero-order valence-electron chi connectivity index (χ0n) is 11.7. The maximum Gasteiger partial charge on any atom is 0.219 e. The highest BCUT2D eigenvalue weighted by atomic mass is 16.3. The molecular formula is C15H22N2O2. The summed E-state index contributed by atoms with van der Waals surface area (Å²) in [6.45, 7) is 7.23. The highest BCUT2D eigenvalue weighted by molar-refractivity contribution is 5.73. The average molecular weight is 262 g/mol. The zero-order valence-corrected chi connectivity index (χ0v) is 11.7. The second-order valence-corrected chi connectivity index (χ2v) is 5.12. The monoisotopic (exact) mass is 262 g/mol. The van der Waals surface area contributed by atoms with Gasteiger partial charge in [-0.05, 0) is 36.6 Å². The van der Waals surface area contributed by atoms with Crippen molar-refractivity contribution in [3.05, 3.63) is 29.3 Å². The van der Waals surface area contributed by atoms with Crippen molar-refractivity contribution in [2.45, 2.75) is 26.9 Å². The first kappa shape index (κ1) is 13.9. The van der Waals surface area contributed by atoms with Gasteiger partial charge in [-0.1, -0.05) is 6.07 Å². The summed E-state index contributed by atoms with van der Waals surface area (Å²) in [6.07, 6.45) is 1.00. The van der Waals surface area contributed by atoms with E-state index < -0.39 is 0 Å². The lowest BCUT2D eigenvalue weighted by atomic mass is 10.1. The lowest BCUT2D eigenvalue weighted by molar-refractivity contribution is -0.128. The van der Waals surface area contributed by atoms with Gasteiger partial charge in [0.25, 0.3) is 0 Å². The fourth-order valence-electron chi connectivity index (χ4n) is 2.54. The van der Waals surface area contributed by atoms with Gasteiger partial charge < -0.3 is 14.9 Å². The molecule has 0 atom stereocenters. The van der Waals surface area contributed by atoms with Gasteiger partial charge >= 0.3 is 0 Å². The van der Waals surface area contributed by atoms with E-state index in [0.29, 0.717) is 0 Å². The zero-order chi connectivity index (χ0) is 13.8. The number of amides is 1. The molecule has 1 amide bonds. The van der Waals surface area contributed by atoms with Gasteiger partial charge in [0.05, 0.1) is 6.61 Å². The number of aryl methyl sites for hydroxylation is 1. The Morgan fingerprint density at radius 2 is 2.05 bits per heavy atom. The molecule has 1 aliphatic rings. The highest BCUT2D eigenvalue weighted by Crippen LogP contribution is 2.20. The van der Waals surface area contributed by atoms with E-state index in [1.54, 1.807) is 6.92 Å². The molecule has 19 heavy (non-hydrogen) atoms. The maximum absolute atomic E-state index is 11.4. The Balaban J connectivity index is 2.10. The molecule has 1 saturated heterocycles. The van der Waals surface area contributed by atoms with E-state index in [9.17, 15) is 9.90 Å². The molecule has 0 radical (unpaired) electrons. The molecule has 1 fully saturated rings. The highest BCUT2D eigenvalue weighted by Gasteiger charge is 2.17. The molecule has 0 saturated carbocycles. The van der Waals surface area contributed by atoms with Gasteiger partial charge in [-0.2, -0.15) is 0 Å². The molecule has 1 heterocycles. The molecule has 0 bridgehead atoms. The van der Waals surface area contributed by atoms with Crippen molar-refractivity contribution in [3.8, 4) is 0 Å². The predicted octanol–water partition coefficient (Wildman–Crippen LogP) is 1.55. The molecular weight excluding hydrogens is 240 g/mol. The number of hydrogen-bond acceptors (Lipinski definition) is 3. The number of aliphatic hydroxyl groups excluding tert-OH is 1. The van der Waals surface area contributed by atoms with Crippen molar-refractivity contribution >= 4 is 11.6 Å². The van der Waals surface area contributed by atoms with Gasteiger partial charge in [-0.15, -0.1) is 0 Å². The molecule has 0 aromatic heterocycles. The van der Waals surface area contributed by atoms with E-state index in [2.05, 4.69) is 17.0 Å². The van der Waals surface area contributed by atoms with Crippen LogP contribution in [0.1, 0.15) is 24.5 Å². The Morgan fingerprint density at radius 1 is 1.26 bits per heavy atom. The fraction of sp³-hybridized carbons (Fsp3) is 0.533. The molecule has 1 N–H and O–H groups in total. The van der Waals surface area contributed by atoms with Crippen LogP contribution in [-0.4, -0.2) is 42.1 Å². The van der Waals surface area contributed by atoms with Crippen LogP contribution in [0.5, 0.6) is 0 Å². The normalized spacial score (nSPS) is 16.4. The van der Waals surface area contributed by atoms with Crippen LogP contribution >= 0.6 is 0 Å². The summed E-state index contributed by atoms with van der Waals surface area (Å²) in [7, 11) is 0. The number of anilines is 1. The Kier molecular flexibility index (Phi) is 4.43. The van der Waals surface area contributed by atoms with Crippen molar-refractivity contribution in [2.75, 3.05) is 31.1 Å². The summed E-state index contributed by atoms with van der Waals surface area (Å²) in [4.78, 5) is 15.6. The second kappa shape index (κ2) is 6.06. The quantitative estimate of drug-likeness (QED) is 0.879. The number of carbonyl (C=O) groups is 1. The van der Waals surface area contributed by atoms with E-state index in [-0.39, 0.29) is 12.5 Å². The average Bonchev–Trinajstić information content (AvgIpc) is 2.64. The SMILES string of the molecule is CC(=O)N1CCCN(c2ccc(CO)c(C)c2)CC1. The number of carbonyl (C=O) groups excluding carboxylic acids is 1. The molecule has 4 nitrogen and oxygen atoms in total. The molecule has 104 valence electrons. The smallest absolute Gasteiger partial charge is 0.219 e. The van der Waals surface area contributed by atoms with Crippen LogP contribution in [0.4, 0.5) is 5.69 Å². The van der Waals surface area contributed by atoms with Gasteiger partial charge in [0.15, 0.2) is 0 Å². The minimum absolute atomic E-state index is 0.0875.